The minimum Gasteiger partial charge on any atom is -0.506 e. The second-order valence-electron chi connectivity index (χ2n) is 5.32. The first kappa shape index (κ1) is 16.0. The third kappa shape index (κ3) is 2.96. The predicted molar refractivity (Wildman–Crippen MR) is 93.7 cm³/mol. The van der Waals surface area contributed by atoms with Crippen molar-refractivity contribution in [2.75, 3.05) is 0 Å². The minimum atomic E-state index is -0.885. The zero-order chi connectivity index (χ0) is 17.3. The number of ketones is 1. The van der Waals surface area contributed by atoms with Crippen molar-refractivity contribution < 1.29 is 14.3 Å². The Morgan fingerprint density at radius 2 is 1.92 bits per heavy atom. The topological polar surface area (TPSA) is 67.5 Å². The highest BCUT2D eigenvalue weighted by Gasteiger charge is 2.19. The standard InChI is InChI=1S/C19H13ClO4/c1-11-9-16-13(10-14(11)20)18(22)17(19(23)24-16)15(21)8-7-12-5-3-2-4-6-12/h2-10,22H,1H3/b8-7+. The number of benzene rings is 2. The van der Waals surface area contributed by atoms with Crippen LogP contribution in [-0.4, -0.2) is 10.9 Å². The number of carbonyl (C=O) groups excluding carboxylic acids is 1. The normalized spacial score (nSPS) is 11.2. The Hall–Kier alpha value is -2.85. The average molecular weight is 341 g/mol. The summed E-state index contributed by atoms with van der Waals surface area (Å²) < 4.78 is 5.15. The number of aromatic hydroxyl groups is 1. The lowest BCUT2D eigenvalue weighted by molar-refractivity contribution is 0.104. The third-order valence-corrected chi connectivity index (χ3v) is 4.04. The molecule has 5 heteroatoms. The molecular weight excluding hydrogens is 328 g/mol. The predicted octanol–water partition coefficient (Wildman–Crippen LogP) is 4.36. The van der Waals surface area contributed by atoms with E-state index >= 15 is 0 Å². The van der Waals surface area contributed by atoms with Gasteiger partial charge in [0.1, 0.15) is 16.9 Å². The van der Waals surface area contributed by atoms with Gasteiger partial charge in [0.2, 0.25) is 0 Å². The highest BCUT2D eigenvalue weighted by atomic mass is 35.5. The Kier molecular flexibility index (Phi) is 4.23. The van der Waals surface area contributed by atoms with Crippen molar-refractivity contribution in [1.29, 1.82) is 0 Å². The number of rotatable bonds is 3. The maximum Gasteiger partial charge on any atom is 0.351 e. The monoisotopic (exact) mass is 340 g/mol. The van der Waals surface area contributed by atoms with E-state index in [4.69, 9.17) is 16.0 Å². The Labute approximate surface area is 142 Å². The number of carbonyl (C=O) groups is 1. The van der Waals surface area contributed by atoms with Gasteiger partial charge in [0.15, 0.2) is 5.78 Å². The quantitative estimate of drug-likeness (QED) is 0.437. The van der Waals surface area contributed by atoms with Crippen LogP contribution in [0.5, 0.6) is 5.75 Å². The van der Waals surface area contributed by atoms with Crippen LogP contribution in [-0.2, 0) is 0 Å². The van der Waals surface area contributed by atoms with E-state index in [0.29, 0.717) is 10.6 Å². The van der Waals surface area contributed by atoms with E-state index in [9.17, 15) is 14.7 Å². The van der Waals surface area contributed by atoms with Crippen LogP contribution in [0.25, 0.3) is 17.0 Å². The molecule has 0 spiro atoms. The van der Waals surface area contributed by atoms with Gasteiger partial charge in [0, 0.05) is 5.02 Å². The van der Waals surface area contributed by atoms with Crippen LogP contribution in [0.2, 0.25) is 5.02 Å². The molecule has 24 heavy (non-hydrogen) atoms. The van der Waals surface area contributed by atoms with Gasteiger partial charge in [-0.2, -0.15) is 0 Å². The lowest BCUT2D eigenvalue weighted by atomic mass is 10.1. The summed E-state index contributed by atoms with van der Waals surface area (Å²) in [7, 11) is 0. The van der Waals surface area contributed by atoms with Crippen molar-refractivity contribution in [1.82, 2.24) is 0 Å². The van der Waals surface area contributed by atoms with E-state index in [2.05, 4.69) is 0 Å². The van der Waals surface area contributed by atoms with Gasteiger partial charge in [-0.1, -0.05) is 48.0 Å². The summed E-state index contributed by atoms with van der Waals surface area (Å²) in [5, 5.41) is 11.0. The van der Waals surface area contributed by atoms with Crippen molar-refractivity contribution in [3.8, 4) is 5.75 Å². The fourth-order valence-corrected chi connectivity index (χ4v) is 2.51. The third-order valence-electron chi connectivity index (χ3n) is 3.63. The molecule has 0 aliphatic carbocycles. The minimum absolute atomic E-state index is 0.183. The molecular formula is C19H13ClO4. The van der Waals surface area contributed by atoms with Gasteiger partial charge in [0.05, 0.1) is 5.39 Å². The first-order valence-electron chi connectivity index (χ1n) is 7.21. The van der Waals surface area contributed by atoms with Crippen molar-refractivity contribution >= 4 is 34.4 Å². The number of fused-ring (bicyclic) bond motifs is 1. The molecule has 1 N–H and O–H groups in total. The molecule has 3 rings (SSSR count). The van der Waals surface area contributed by atoms with Crippen LogP contribution in [0.1, 0.15) is 21.5 Å². The van der Waals surface area contributed by atoms with Crippen LogP contribution < -0.4 is 5.63 Å². The van der Waals surface area contributed by atoms with Crippen LogP contribution in [0.3, 0.4) is 0 Å². The zero-order valence-electron chi connectivity index (χ0n) is 12.7. The summed E-state index contributed by atoms with van der Waals surface area (Å²) >= 11 is 6.04. The molecule has 1 aromatic heterocycles. The molecule has 120 valence electrons. The van der Waals surface area contributed by atoms with Crippen LogP contribution >= 0.6 is 11.6 Å². The molecule has 0 aliphatic heterocycles. The molecule has 2 aromatic carbocycles. The smallest absolute Gasteiger partial charge is 0.351 e. The molecule has 3 aromatic rings. The fraction of sp³-hybridized carbons (Fsp3) is 0.0526. The second-order valence-corrected chi connectivity index (χ2v) is 5.73. The molecule has 0 radical (unpaired) electrons. The number of allylic oxidation sites excluding steroid dienone is 1. The summed E-state index contributed by atoms with van der Waals surface area (Å²) in [6.45, 7) is 1.75. The van der Waals surface area contributed by atoms with Crippen LogP contribution in [0, 0.1) is 6.92 Å². The molecule has 0 amide bonds. The zero-order valence-corrected chi connectivity index (χ0v) is 13.5. The SMILES string of the molecule is Cc1cc2oc(=O)c(C(=O)/C=C/c3ccccc3)c(O)c2cc1Cl. The van der Waals surface area contributed by atoms with Gasteiger partial charge in [-0.05, 0) is 36.3 Å². The van der Waals surface area contributed by atoms with Crippen molar-refractivity contribution in [3.63, 3.8) is 0 Å². The summed E-state index contributed by atoms with van der Waals surface area (Å²) in [6, 6.07) is 12.2. The Bertz CT molecular complexity index is 1020. The first-order chi connectivity index (χ1) is 11.5. The lowest BCUT2D eigenvalue weighted by Gasteiger charge is -2.06. The molecule has 4 nitrogen and oxygen atoms in total. The second kappa shape index (κ2) is 6.34. The van der Waals surface area contributed by atoms with Gasteiger partial charge < -0.3 is 9.52 Å². The Morgan fingerprint density at radius 3 is 2.62 bits per heavy atom. The van der Waals surface area contributed by atoms with Crippen LogP contribution in [0.4, 0.5) is 0 Å². The molecule has 0 atom stereocenters. The maximum absolute atomic E-state index is 12.3. The summed E-state index contributed by atoms with van der Waals surface area (Å²) in [5.74, 6) is -1.06. The number of hydrogen-bond donors (Lipinski definition) is 1. The van der Waals surface area contributed by atoms with E-state index in [0.717, 1.165) is 5.56 Å². The maximum atomic E-state index is 12.3. The summed E-state index contributed by atoms with van der Waals surface area (Å²) in [5.41, 5.74) is 0.394. The lowest BCUT2D eigenvalue weighted by Crippen LogP contribution is -2.12. The summed E-state index contributed by atoms with van der Waals surface area (Å²) in [6.07, 6.45) is 2.79. The molecule has 1 heterocycles. The van der Waals surface area contributed by atoms with E-state index in [1.807, 2.05) is 30.3 Å². The van der Waals surface area contributed by atoms with E-state index in [1.54, 1.807) is 19.1 Å². The fourth-order valence-electron chi connectivity index (χ4n) is 2.34. The van der Waals surface area contributed by atoms with Gasteiger partial charge in [-0.25, -0.2) is 4.79 Å². The van der Waals surface area contributed by atoms with Crippen molar-refractivity contribution in [2.45, 2.75) is 6.92 Å². The number of aryl methyl sites for hydroxylation is 1. The van der Waals surface area contributed by atoms with Crippen molar-refractivity contribution in [2.24, 2.45) is 0 Å². The van der Waals surface area contributed by atoms with Gasteiger partial charge >= 0.3 is 5.63 Å². The number of halogens is 1. The highest BCUT2D eigenvalue weighted by Crippen LogP contribution is 2.31. The van der Waals surface area contributed by atoms with E-state index < -0.39 is 22.7 Å². The van der Waals surface area contributed by atoms with Gasteiger partial charge in [-0.3, -0.25) is 4.79 Å². The molecule has 0 aliphatic rings. The number of hydrogen-bond acceptors (Lipinski definition) is 4. The van der Waals surface area contributed by atoms with Crippen molar-refractivity contribution in [3.05, 3.63) is 80.7 Å². The Balaban J connectivity index is 2.09. The largest absolute Gasteiger partial charge is 0.506 e. The van der Waals surface area contributed by atoms with Crippen LogP contribution in [0.15, 0.2) is 57.8 Å². The van der Waals surface area contributed by atoms with E-state index in [-0.39, 0.29) is 11.0 Å². The van der Waals surface area contributed by atoms with Gasteiger partial charge in [-0.15, -0.1) is 0 Å². The average Bonchev–Trinajstić information content (AvgIpc) is 2.56. The molecule has 0 bridgehead atoms. The highest BCUT2D eigenvalue weighted by molar-refractivity contribution is 6.32. The Morgan fingerprint density at radius 1 is 1.21 bits per heavy atom. The molecule has 0 saturated heterocycles. The first-order valence-corrected chi connectivity index (χ1v) is 7.58. The van der Waals surface area contributed by atoms with Gasteiger partial charge in [0.25, 0.3) is 0 Å². The van der Waals surface area contributed by atoms with E-state index in [1.165, 1.54) is 12.1 Å². The molecule has 0 unspecified atom stereocenters. The molecule has 0 saturated carbocycles. The summed E-state index contributed by atoms with van der Waals surface area (Å²) in [4.78, 5) is 24.4. The molecule has 0 fully saturated rings.